The zero-order valence-electron chi connectivity index (χ0n) is 27.5. The number of nitrogens with zero attached hydrogens (tertiary/aromatic N) is 1. The molecule has 1 heterocycles. The molecule has 0 saturated carbocycles. The maximum atomic E-state index is 5.48. The fourth-order valence-corrected chi connectivity index (χ4v) is 4.95. The number of anilines is 1. The number of hydrogen-bond acceptors (Lipinski definition) is 3. The van der Waals surface area contributed by atoms with Crippen molar-refractivity contribution in [3.8, 4) is 11.3 Å². The van der Waals surface area contributed by atoms with E-state index < -0.39 is 0 Å². The number of nitrogens with two attached hydrogens (primary N) is 2. The van der Waals surface area contributed by atoms with E-state index in [4.69, 9.17) is 16.5 Å². The summed E-state index contributed by atoms with van der Waals surface area (Å²) in [4.78, 5) is 4.87. The first-order valence-corrected chi connectivity index (χ1v) is 15.6. The first kappa shape index (κ1) is 34.0. The molecule has 0 aliphatic rings. The number of pyridine rings is 1. The minimum absolute atomic E-state index is 0.822. The molecule has 0 amide bonds. The molecular formula is C44H43N3. The molecule has 1 aromatic heterocycles. The molecule has 0 aliphatic carbocycles. The lowest BCUT2D eigenvalue weighted by Crippen LogP contribution is -1.91. The fourth-order valence-electron chi connectivity index (χ4n) is 4.95. The number of para-hydroxylation sites is 1. The molecule has 47 heavy (non-hydrogen) atoms. The number of fused-ring (bicyclic) bond motifs is 1. The van der Waals surface area contributed by atoms with E-state index in [0.29, 0.717) is 0 Å². The first-order valence-electron chi connectivity index (χ1n) is 15.6. The lowest BCUT2D eigenvalue weighted by Gasteiger charge is -2.09. The van der Waals surface area contributed by atoms with Crippen molar-refractivity contribution < 1.29 is 0 Å². The highest BCUT2D eigenvalue weighted by atomic mass is 14.7. The van der Waals surface area contributed by atoms with Gasteiger partial charge < -0.3 is 11.5 Å². The van der Waals surface area contributed by atoms with Gasteiger partial charge >= 0.3 is 0 Å². The summed E-state index contributed by atoms with van der Waals surface area (Å²) in [7, 11) is 0. The second-order valence-corrected chi connectivity index (χ2v) is 11.1. The minimum atomic E-state index is 0.822. The Morgan fingerprint density at radius 3 is 2.19 bits per heavy atom. The van der Waals surface area contributed by atoms with Crippen molar-refractivity contribution in [2.24, 2.45) is 5.73 Å². The predicted octanol–water partition coefficient (Wildman–Crippen LogP) is 11.1. The number of allylic oxidation sites excluding steroid dienone is 10. The molecule has 0 radical (unpaired) electrons. The third kappa shape index (κ3) is 9.53. The Balaban J connectivity index is 0.000000632. The van der Waals surface area contributed by atoms with Crippen molar-refractivity contribution in [2.75, 3.05) is 5.73 Å². The van der Waals surface area contributed by atoms with E-state index in [-0.39, 0.29) is 0 Å². The first-order chi connectivity index (χ1) is 22.8. The van der Waals surface area contributed by atoms with E-state index in [0.717, 1.165) is 50.5 Å². The Morgan fingerprint density at radius 2 is 1.47 bits per heavy atom. The summed E-state index contributed by atoms with van der Waals surface area (Å²) in [5.74, 6) is 0. The normalized spacial score (nSPS) is 12.1. The van der Waals surface area contributed by atoms with Crippen molar-refractivity contribution in [3.63, 3.8) is 0 Å². The van der Waals surface area contributed by atoms with E-state index in [1.165, 1.54) is 28.1 Å². The second kappa shape index (κ2) is 17.0. The van der Waals surface area contributed by atoms with Crippen LogP contribution in [0.1, 0.15) is 36.2 Å². The van der Waals surface area contributed by atoms with Gasteiger partial charge in [-0.15, -0.1) is 0 Å². The summed E-state index contributed by atoms with van der Waals surface area (Å²) in [5, 5.41) is 2.47. The Kier molecular flexibility index (Phi) is 12.2. The van der Waals surface area contributed by atoms with Gasteiger partial charge in [-0.1, -0.05) is 128 Å². The Hall–Kier alpha value is -5.93. The van der Waals surface area contributed by atoms with Crippen LogP contribution in [0.2, 0.25) is 0 Å². The van der Waals surface area contributed by atoms with Crippen LogP contribution in [0.3, 0.4) is 0 Å². The van der Waals surface area contributed by atoms with Crippen LogP contribution < -0.4 is 11.5 Å². The van der Waals surface area contributed by atoms with Crippen molar-refractivity contribution in [3.05, 3.63) is 199 Å². The van der Waals surface area contributed by atoms with Crippen LogP contribution in [0.15, 0.2) is 176 Å². The molecule has 3 heteroatoms. The lowest BCUT2D eigenvalue weighted by atomic mass is 9.96. The Morgan fingerprint density at radius 1 is 0.766 bits per heavy atom. The van der Waals surface area contributed by atoms with Gasteiger partial charge in [0, 0.05) is 11.3 Å². The molecule has 4 N–H and O–H groups in total. The third-order valence-electron chi connectivity index (χ3n) is 7.74. The monoisotopic (exact) mass is 613 g/mol. The maximum Gasteiger partial charge on any atom is 0.0709 e. The van der Waals surface area contributed by atoms with Gasteiger partial charge in [0.05, 0.1) is 11.4 Å². The van der Waals surface area contributed by atoms with E-state index in [1.807, 2.05) is 79.8 Å². The number of aromatic nitrogens is 1. The number of benzene rings is 4. The van der Waals surface area contributed by atoms with Gasteiger partial charge in [-0.05, 0) is 113 Å². The number of hydrogen-bond donors (Lipinski definition) is 2. The molecule has 0 fully saturated rings. The molecule has 0 atom stereocenters. The van der Waals surface area contributed by atoms with Gasteiger partial charge in [0.25, 0.3) is 0 Å². The molecule has 0 spiro atoms. The molecule has 0 bridgehead atoms. The lowest BCUT2D eigenvalue weighted by molar-refractivity contribution is 1.26. The van der Waals surface area contributed by atoms with E-state index in [2.05, 4.69) is 106 Å². The molecule has 234 valence electrons. The Bertz CT molecular complexity index is 2000. The Labute approximate surface area is 280 Å². The minimum Gasteiger partial charge on any atom is -0.405 e. The smallest absolute Gasteiger partial charge is 0.0709 e. The molecule has 3 nitrogen and oxygen atoms in total. The van der Waals surface area contributed by atoms with Crippen molar-refractivity contribution >= 4 is 33.7 Å². The van der Waals surface area contributed by atoms with Crippen molar-refractivity contribution in [2.45, 2.75) is 20.8 Å². The average Bonchev–Trinajstić information content (AvgIpc) is 3.11. The van der Waals surface area contributed by atoms with Crippen LogP contribution in [0.5, 0.6) is 0 Å². The molecule has 0 aliphatic heterocycles. The quantitative estimate of drug-likeness (QED) is 0.128. The molecule has 5 aromatic rings. The van der Waals surface area contributed by atoms with E-state index in [9.17, 15) is 0 Å². The summed E-state index contributed by atoms with van der Waals surface area (Å²) >= 11 is 0. The highest BCUT2D eigenvalue weighted by Crippen LogP contribution is 2.27. The molecule has 0 unspecified atom stereocenters. The summed E-state index contributed by atoms with van der Waals surface area (Å²) in [6, 6.07) is 36.8. The van der Waals surface area contributed by atoms with Gasteiger partial charge in [-0.25, -0.2) is 4.98 Å². The second-order valence-electron chi connectivity index (χ2n) is 11.1. The van der Waals surface area contributed by atoms with Crippen LogP contribution in [-0.4, -0.2) is 4.98 Å². The maximum absolute atomic E-state index is 5.48. The number of aryl methyl sites for hydroxylation is 1. The zero-order chi connectivity index (χ0) is 33.6. The van der Waals surface area contributed by atoms with Gasteiger partial charge in [-0.3, -0.25) is 0 Å². The summed E-state index contributed by atoms with van der Waals surface area (Å²) in [6.07, 6.45) is 15.7. The van der Waals surface area contributed by atoms with Crippen LogP contribution in [0.25, 0.3) is 39.3 Å². The van der Waals surface area contributed by atoms with Gasteiger partial charge in [0.1, 0.15) is 0 Å². The van der Waals surface area contributed by atoms with Crippen LogP contribution >= 0.6 is 0 Å². The highest BCUT2D eigenvalue weighted by molar-refractivity contribution is 5.96. The SMILES string of the molecule is C=C(/C=C\C(=C/C)c1cccc2ccccc12)C(=C)/C=C\c1cc(-c2cccc(/C(C)=C/C=C\N)n2)ccc1C.Nc1ccccc1. The van der Waals surface area contributed by atoms with E-state index >= 15 is 0 Å². The van der Waals surface area contributed by atoms with Crippen LogP contribution in [0, 0.1) is 6.92 Å². The van der Waals surface area contributed by atoms with Gasteiger partial charge in [0.2, 0.25) is 0 Å². The van der Waals surface area contributed by atoms with Crippen LogP contribution in [0.4, 0.5) is 5.69 Å². The molecule has 0 saturated heterocycles. The summed E-state index contributed by atoms with van der Waals surface area (Å²) < 4.78 is 0. The fraction of sp³-hybridized carbons (Fsp3) is 0.0682. The standard InChI is InChI=1S/C38H36N2.C6H7N/c1-6-31(35-16-9-14-32-13-7-8-15-36(32)35)22-19-27(2)28(3)20-23-33-26-34(24-21-29(33)4)38-18-10-17-37(40-38)30(5)12-11-25-39;7-6-4-2-1-3-5-6/h6-26H,2-3,39H2,1,4-5H3;1-5H,7H2/b22-19-,23-20-,25-11-,30-12+,31-6+;. The van der Waals surface area contributed by atoms with Crippen molar-refractivity contribution in [1.82, 2.24) is 4.98 Å². The van der Waals surface area contributed by atoms with E-state index in [1.54, 1.807) is 0 Å². The largest absolute Gasteiger partial charge is 0.405 e. The molecular weight excluding hydrogens is 571 g/mol. The van der Waals surface area contributed by atoms with Crippen molar-refractivity contribution in [1.29, 1.82) is 0 Å². The summed E-state index contributed by atoms with van der Waals surface area (Å²) in [5.41, 5.74) is 22.0. The molecule has 4 aromatic carbocycles. The summed E-state index contributed by atoms with van der Waals surface area (Å²) in [6.45, 7) is 14.7. The topological polar surface area (TPSA) is 64.9 Å². The molecule has 5 rings (SSSR count). The van der Waals surface area contributed by atoms with Crippen LogP contribution in [-0.2, 0) is 0 Å². The zero-order valence-corrected chi connectivity index (χ0v) is 27.5. The van der Waals surface area contributed by atoms with Gasteiger partial charge in [0.15, 0.2) is 0 Å². The highest BCUT2D eigenvalue weighted by Gasteiger charge is 2.06. The third-order valence-corrected chi connectivity index (χ3v) is 7.74. The number of rotatable bonds is 9. The average molecular weight is 614 g/mol. The number of nitrogen functional groups attached to an aromatic ring is 1. The van der Waals surface area contributed by atoms with Gasteiger partial charge in [-0.2, -0.15) is 0 Å². The predicted molar refractivity (Wildman–Crippen MR) is 206 cm³/mol.